The number of ether oxygens (including phenoxy) is 1. The molecule has 4 N–H and O–H groups in total. The van der Waals surface area contributed by atoms with Gasteiger partial charge in [-0.05, 0) is 25.5 Å². The second kappa shape index (κ2) is 8.11. The molecule has 1 rings (SSSR count). The summed E-state index contributed by atoms with van der Waals surface area (Å²) in [6.45, 7) is 3.26. The Morgan fingerprint density at radius 1 is 1.38 bits per heavy atom. The Bertz CT molecular complexity index is 492. The average molecular weight is 296 g/mol. The second-order valence-corrected chi connectivity index (χ2v) is 4.54. The van der Waals surface area contributed by atoms with Gasteiger partial charge in [0.15, 0.2) is 6.04 Å². The molecule has 21 heavy (non-hydrogen) atoms. The molecular formula is C14H20N2O5. The van der Waals surface area contributed by atoms with E-state index in [1.807, 2.05) is 13.8 Å². The summed E-state index contributed by atoms with van der Waals surface area (Å²) >= 11 is 0. The summed E-state index contributed by atoms with van der Waals surface area (Å²) in [4.78, 5) is 22.3. The van der Waals surface area contributed by atoms with E-state index in [4.69, 9.17) is 14.9 Å². The number of amides is 2. The summed E-state index contributed by atoms with van der Waals surface area (Å²) in [5, 5.41) is 22.2. The quantitative estimate of drug-likeness (QED) is 0.609. The zero-order valence-corrected chi connectivity index (χ0v) is 12.0. The minimum Gasteiger partial charge on any atom is -0.491 e. The SMILES string of the molecule is CCC(C)Oc1cccc(NC(=O)NC(CO)C(=O)O)c1. The van der Waals surface area contributed by atoms with E-state index in [0.29, 0.717) is 11.4 Å². The lowest BCUT2D eigenvalue weighted by molar-refractivity contribution is -0.140. The molecule has 7 nitrogen and oxygen atoms in total. The predicted molar refractivity (Wildman–Crippen MR) is 77.5 cm³/mol. The Labute approximate surface area is 122 Å². The molecule has 7 heteroatoms. The maximum absolute atomic E-state index is 11.6. The van der Waals surface area contributed by atoms with Crippen LogP contribution in [0, 0.1) is 0 Å². The number of hydrogen-bond acceptors (Lipinski definition) is 4. The topological polar surface area (TPSA) is 108 Å². The fourth-order valence-electron chi connectivity index (χ4n) is 1.47. The van der Waals surface area contributed by atoms with Gasteiger partial charge < -0.3 is 25.6 Å². The third kappa shape index (κ3) is 5.70. The van der Waals surface area contributed by atoms with Crippen LogP contribution in [-0.2, 0) is 4.79 Å². The highest BCUT2D eigenvalue weighted by Gasteiger charge is 2.18. The smallest absolute Gasteiger partial charge is 0.328 e. The molecule has 2 unspecified atom stereocenters. The fourth-order valence-corrected chi connectivity index (χ4v) is 1.47. The van der Waals surface area contributed by atoms with Crippen LogP contribution in [0.4, 0.5) is 10.5 Å². The number of anilines is 1. The summed E-state index contributed by atoms with van der Waals surface area (Å²) < 4.78 is 5.62. The van der Waals surface area contributed by atoms with Gasteiger partial charge in [0, 0.05) is 11.8 Å². The Kier molecular flexibility index (Phi) is 6.48. The third-order valence-corrected chi connectivity index (χ3v) is 2.79. The summed E-state index contributed by atoms with van der Waals surface area (Å²) in [5.41, 5.74) is 0.468. The summed E-state index contributed by atoms with van der Waals surface area (Å²) in [6.07, 6.45) is 0.912. The number of carbonyl (C=O) groups excluding carboxylic acids is 1. The van der Waals surface area contributed by atoms with Crippen LogP contribution in [0.15, 0.2) is 24.3 Å². The van der Waals surface area contributed by atoms with Gasteiger partial charge in [-0.2, -0.15) is 0 Å². The van der Waals surface area contributed by atoms with Crippen LogP contribution in [0.2, 0.25) is 0 Å². The lowest BCUT2D eigenvalue weighted by Crippen LogP contribution is -2.45. The highest BCUT2D eigenvalue weighted by molar-refractivity contribution is 5.92. The van der Waals surface area contributed by atoms with Crippen molar-refractivity contribution in [1.29, 1.82) is 0 Å². The maximum atomic E-state index is 11.6. The normalized spacial score (nSPS) is 13.1. The molecule has 0 radical (unpaired) electrons. The van der Waals surface area contributed by atoms with Gasteiger partial charge in [0.05, 0.1) is 12.7 Å². The van der Waals surface area contributed by atoms with Crippen molar-refractivity contribution in [1.82, 2.24) is 5.32 Å². The molecule has 2 atom stereocenters. The van der Waals surface area contributed by atoms with Crippen molar-refractivity contribution in [2.24, 2.45) is 0 Å². The number of urea groups is 1. The number of aliphatic hydroxyl groups is 1. The molecule has 0 bridgehead atoms. The number of aliphatic hydroxyl groups excluding tert-OH is 1. The molecule has 0 saturated heterocycles. The van der Waals surface area contributed by atoms with Crippen LogP contribution in [-0.4, -0.2) is 41.0 Å². The number of nitrogens with one attached hydrogen (secondary N) is 2. The lowest BCUT2D eigenvalue weighted by atomic mass is 10.2. The largest absolute Gasteiger partial charge is 0.491 e. The van der Waals surface area contributed by atoms with Crippen molar-refractivity contribution in [2.45, 2.75) is 32.4 Å². The molecule has 1 aromatic rings. The van der Waals surface area contributed by atoms with E-state index in [9.17, 15) is 9.59 Å². The van der Waals surface area contributed by atoms with Crippen LogP contribution in [0.1, 0.15) is 20.3 Å². The van der Waals surface area contributed by atoms with Crippen LogP contribution in [0.5, 0.6) is 5.75 Å². The van der Waals surface area contributed by atoms with E-state index in [1.165, 1.54) is 0 Å². The van der Waals surface area contributed by atoms with Crippen molar-refractivity contribution in [3.63, 3.8) is 0 Å². The molecule has 0 aromatic heterocycles. The Morgan fingerprint density at radius 3 is 2.67 bits per heavy atom. The zero-order valence-electron chi connectivity index (χ0n) is 12.0. The Hall–Kier alpha value is -2.28. The molecule has 116 valence electrons. The molecule has 0 spiro atoms. The van der Waals surface area contributed by atoms with E-state index in [0.717, 1.165) is 6.42 Å². The zero-order chi connectivity index (χ0) is 15.8. The van der Waals surface area contributed by atoms with Gasteiger partial charge in [0.25, 0.3) is 0 Å². The van der Waals surface area contributed by atoms with E-state index in [1.54, 1.807) is 24.3 Å². The molecule has 0 saturated carbocycles. The van der Waals surface area contributed by atoms with E-state index < -0.39 is 24.6 Å². The highest BCUT2D eigenvalue weighted by atomic mass is 16.5. The van der Waals surface area contributed by atoms with E-state index >= 15 is 0 Å². The van der Waals surface area contributed by atoms with Crippen molar-refractivity contribution in [2.75, 3.05) is 11.9 Å². The third-order valence-electron chi connectivity index (χ3n) is 2.79. The Morgan fingerprint density at radius 2 is 2.10 bits per heavy atom. The Balaban J connectivity index is 2.64. The number of carbonyl (C=O) groups is 2. The number of aliphatic carboxylic acids is 1. The van der Waals surface area contributed by atoms with Gasteiger partial charge in [0.1, 0.15) is 5.75 Å². The van der Waals surface area contributed by atoms with Gasteiger partial charge in [-0.15, -0.1) is 0 Å². The number of benzene rings is 1. The van der Waals surface area contributed by atoms with Crippen LogP contribution in [0.3, 0.4) is 0 Å². The van der Waals surface area contributed by atoms with Crippen molar-refractivity contribution < 1.29 is 24.5 Å². The summed E-state index contributed by atoms with van der Waals surface area (Å²) in [5.74, 6) is -0.694. The van der Waals surface area contributed by atoms with Gasteiger partial charge in [-0.1, -0.05) is 13.0 Å². The summed E-state index contributed by atoms with van der Waals surface area (Å²) in [7, 11) is 0. The first-order chi connectivity index (χ1) is 9.96. The molecule has 1 aromatic carbocycles. The number of hydrogen-bond donors (Lipinski definition) is 4. The minimum absolute atomic E-state index is 0.0554. The lowest BCUT2D eigenvalue weighted by Gasteiger charge is -2.15. The molecular weight excluding hydrogens is 276 g/mol. The minimum atomic E-state index is -1.34. The highest BCUT2D eigenvalue weighted by Crippen LogP contribution is 2.19. The first-order valence-electron chi connectivity index (χ1n) is 6.64. The summed E-state index contributed by atoms with van der Waals surface area (Å²) in [6, 6.07) is 4.72. The average Bonchev–Trinajstić information content (AvgIpc) is 2.44. The standard InChI is InChI=1S/C14H20N2O5/c1-3-9(2)21-11-6-4-5-10(7-11)15-14(20)16-12(8-17)13(18)19/h4-7,9,12,17H,3,8H2,1-2H3,(H,18,19)(H2,15,16,20). The van der Waals surface area contributed by atoms with Gasteiger partial charge in [0.2, 0.25) is 0 Å². The van der Waals surface area contributed by atoms with Crippen molar-refractivity contribution >= 4 is 17.7 Å². The van der Waals surface area contributed by atoms with Crippen molar-refractivity contribution in [3.8, 4) is 5.75 Å². The molecule has 0 aliphatic carbocycles. The van der Waals surface area contributed by atoms with Gasteiger partial charge in [-0.25, -0.2) is 9.59 Å². The number of rotatable bonds is 7. The number of carboxylic acids is 1. The predicted octanol–water partition coefficient (Wildman–Crippen LogP) is 1.43. The van der Waals surface area contributed by atoms with Gasteiger partial charge >= 0.3 is 12.0 Å². The monoisotopic (exact) mass is 296 g/mol. The fraction of sp³-hybridized carbons (Fsp3) is 0.429. The van der Waals surface area contributed by atoms with Crippen molar-refractivity contribution in [3.05, 3.63) is 24.3 Å². The molecule has 0 heterocycles. The molecule has 0 aliphatic heterocycles. The second-order valence-electron chi connectivity index (χ2n) is 4.54. The number of carboxylic acid groups (broad SMARTS) is 1. The van der Waals surface area contributed by atoms with Crippen LogP contribution in [0.25, 0.3) is 0 Å². The molecule has 0 aliphatic rings. The first kappa shape index (κ1) is 16.8. The van der Waals surface area contributed by atoms with E-state index in [2.05, 4.69) is 10.6 Å². The van der Waals surface area contributed by atoms with Gasteiger partial charge in [-0.3, -0.25) is 0 Å². The van der Waals surface area contributed by atoms with Crippen LogP contribution >= 0.6 is 0 Å². The van der Waals surface area contributed by atoms with E-state index in [-0.39, 0.29) is 6.10 Å². The first-order valence-corrected chi connectivity index (χ1v) is 6.64. The van der Waals surface area contributed by atoms with Crippen LogP contribution < -0.4 is 15.4 Å². The molecule has 0 fully saturated rings. The maximum Gasteiger partial charge on any atom is 0.328 e. The molecule has 2 amide bonds.